The van der Waals surface area contributed by atoms with Crippen molar-refractivity contribution in [3.63, 3.8) is 0 Å². The van der Waals surface area contributed by atoms with Crippen LogP contribution in [-0.4, -0.2) is 6.29 Å². The van der Waals surface area contributed by atoms with Crippen molar-refractivity contribution in [2.24, 2.45) is 0 Å². The molecule has 0 atom stereocenters. The van der Waals surface area contributed by atoms with E-state index in [9.17, 15) is 4.79 Å². The van der Waals surface area contributed by atoms with Crippen molar-refractivity contribution in [2.45, 2.75) is 0 Å². The van der Waals surface area contributed by atoms with E-state index in [1.165, 1.54) is 0 Å². The summed E-state index contributed by atoms with van der Waals surface area (Å²) in [4.78, 5) is 10.7. The van der Waals surface area contributed by atoms with Crippen LogP contribution in [0.5, 0.6) is 0 Å². The van der Waals surface area contributed by atoms with Gasteiger partial charge in [-0.2, -0.15) is 11.3 Å². The molecule has 0 saturated heterocycles. The maximum Gasteiger partial charge on any atom is 0.151 e. The highest BCUT2D eigenvalue weighted by atomic mass is 35.5. The van der Waals surface area contributed by atoms with Gasteiger partial charge in [0.1, 0.15) is 0 Å². The highest BCUT2D eigenvalue weighted by Gasteiger charge is 2.02. The van der Waals surface area contributed by atoms with E-state index < -0.39 is 0 Å². The summed E-state index contributed by atoms with van der Waals surface area (Å²) < 4.78 is 0. The molecule has 0 spiro atoms. The first kappa shape index (κ1) is 9.44. The molecule has 0 fully saturated rings. The molecule has 70 valence electrons. The molecule has 0 radical (unpaired) electrons. The Hall–Kier alpha value is -1.12. The molecule has 1 aromatic heterocycles. The van der Waals surface area contributed by atoms with Crippen LogP contribution < -0.4 is 0 Å². The molecule has 0 bridgehead atoms. The minimum atomic E-state index is 0.499. The van der Waals surface area contributed by atoms with E-state index >= 15 is 0 Å². The minimum absolute atomic E-state index is 0.499. The number of benzene rings is 1. The van der Waals surface area contributed by atoms with Gasteiger partial charge in [0.25, 0.3) is 0 Å². The number of thiophene rings is 1. The maximum absolute atomic E-state index is 10.7. The molecule has 0 amide bonds. The van der Waals surface area contributed by atoms with Gasteiger partial charge in [-0.1, -0.05) is 17.7 Å². The van der Waals surface area contributed by atoms with Crippen molar-refractivity contribution in [1.82, 2.24) is 0 Å². The van der Waals surface area contributed by atoms with Crippen molar-refractivity contribution in [3.05, 3.63) is 45.6 Å². The number of rotatable bonds is 2. The van der Waals surface area contributed by atoms with Crippen LogP contribution in [0.1, 0.15) is 10.4 Å². The van der Waals surface area contributed by atoms with Crippen molar-refractivity contribution in [2.75, 3.05) is 0 Å². The fourth-order valence-electron chi connectivity index (χ4n) is 1.24. The summed E-state index contributed by atoms with van der Waals surface area (Å²) in [5, 5.41) is 4.54. The molecule has 0 aliphatic carbocycles. The van der Waals surface area contributed by atoms with Crippen LogP contribution in [0.15, 0.2) is 35.0 Å². The summed E-state index contributed by atoms with van der Waals surface area (Å²) in [6, 6.07) is 7.48. The van der Waals surface area contributed by atoms with Crippen LogP contribution >= 0.6 is 22.9 Å². The Labute approximate surface area is 91.0 Å². The van der Waals surface area contributed by atoms with Gasteiger partial charge in [-0.3, -0.25) is 4.79 Å². The molecule has 2 rings (SSSR count). The maximum atomic E-state index is 10.7. The van der Waals surface area contributed by atoms with Crippen LogP contribution in [0, 0.1) is 0 Å². The number of hydrogen-bond donors (Lipinski definition) is 0. The van der Waals surface area contributed by atoms with Crippen molar-refractivity contribution in [3.8, 4) is 11.1 Å². The number of aldehydes is 1. The third-order valence-corrected chi connectivity index (χ3v) is 3.00. The van der Waals surface area contributed by atoms with E-state index in [2.05, 4.69) is 0 Å². The molecule has 1 nitrogen and oxygen atoms in total. The van der Waals surface area contributed by atoms with Gasteiger partial charge in [0.05, 0.1) is 5.02 Å². The fourth-order valence-corrected chi connectivity index (χ4v) is 2.07. The second kappa shape index (κ2) is 3.95. The second-order valence-electron chi connectivity index (χ2n) is 2.87. The normalized spacial score (nSPS) is 10.1. The molecule has 14 heavy (non-hydrogen) atoms. The molecule has 2 aromatic rings. The van der Waals surface area contributed by atoms with Crippen LogP contribution in [0.25, 0.3) is 11.1 Å². The molecule has 0 unspecified atom stereocenters. The smallest absolute Gasteiger partial charge is 0.151 e. The number of halogens is 1. The van der Waals surface area contributed by atoms with Crippen LogP contribution in [0.4, 0.5) is 0 Å². The summed E-state index contributed by atoms with van der Waals surface area (Å²) in [6.07, 6.45) is 0.776. The van der Waals surface area contributed by atoms with Crippen molar-refractivity contribution >= 4 is 29.2 Å². The Morgan fingerprint density at radius 3 is 2.71 bits per heavy atom. The molecule has 1 heterocycles. The lowest BCUT2D eigenvalue weighted by Gasteiger charge is -2.00. The second-order valence-corrected chi connectivity index (χ2v) is 4.05. The van der Waals surface area contributed by atoms with Crippen molar-refractivity contribution < 1.29 is 4.79 Å². The Bertz CT molecular complexity index is 448. The minimum Gasteiger partial charge on any atom is -0.298 e. The molecule has 0 N–H and O–H groups in total. The highest BCUT2D eigenvalue weighted by Crippen LogP contribution is 2.25. The summed E-state index contributed by atoms with van der Waals surface area (Å²) in [5.41, 5.74) is 2.68. The first-order valence-corrected chi connectivity index (χ1v) is 5.40. The number of carbonyl (C=O) groups excluding carboxylic acids is 1. The topological polar surface area (TPSA) is 17.1 Å². The summed E-state index contributed by atoms with van der Waals surface area (Å²) in [7, 11) is 0. The Morgan fingerprint density at radius 2 is 2.07 bits per heavy atom. The zero-order valence-electron chi connectivity index (χ0n) is 7.24. The van der Waals surface area contributed by atoms with Gasteiger partial charge in [-0.15, -0.1) is 0 Å². The van der Waals surface area contributed by atoms with E-state index in [0.717, 1.165) is 17.4 Å². The molecule has 0 aliphatic rings. The van der Waals surface area contributed by atoms with Gasteiger partial charge in [-0.25, -0.2) is 0 Å². The van der Waals surface area contributed by atoms with Gasteiger partial charge < -0.3 is 0 Å². The summed E-state index contributed by atoms with van der Waals surface area (Å²) in [6.45, 7) is 0. The third kappa shape index (κ3) is 1.72. The lowest BCUT2D eigenvalue weighted by Crippen LogP contribution is -1.83. The molecule has 3 heteroatoms. The van der Waals surface area contributed by atoms with E-state index in [0.29, 0.717) is 10.6 Å². The van der Waals surface area contributed by atoms with Gasteiger partial charge in [0.2, 0.25) is 0 Å². The van der Waals surface area contributed by atoms with Crippen LogP contribution in [-0.2, 0) is 0 Å². The van der Waals surface area contributed by atoms with Gasteiger partial charge >= 0.3 is 0 Å². The average Bonchev–Trinajstić information content (AvgIpc) is 2.71. The quantitative estimate of drug-likeness (QED) is 0.705. The lowest BCUT2D eigenvalue weighted by molar-refractivity contribution is 0.112. The van der Waals surface area contributed by atoms with E-state index in [1.54, 1.807) is 23.5 Å². The molecule has 0 saturated carbocycles. The number of carbonyl (C=O) groups is 1. The number of hydrogen-bond acceptors (Lipinski definition) is 2. The Kier molecular flexibility index (Phi) is 2.66. The first-order chi connectivity index (χ1) is 6.81. The molecule has 0 aliphatic heterocycles. The van der Waals surface area contributed by atoms with Crippen LogP contribution in [0.2, 0.25) is 5.02 Å². The highest BCUT2D eigenvalue weighted by molar-refractivity contribution is 7.08. The zero-order valence-corrected chi connectivity index (χ0v) is 8.81. The van der Waals surface area contributed by atoms with E-state index in [-0.39, 0.29) is 0 Å². The molecular weight excluding hydrogens is 216 g/mol. The van der Waals surface area contributed by atoms with Gasteiger partial charge in [0, 0.05) is 5.56 Å². The lowest BCUT2D eigenvalue weighted by atomic mass is 10.1. The van der Waals surface area contributed by atoms with Gasteiger partial charge in [0.15, 0.2) is 6.29 Å². The predicted molar refractivity (Wildman–Crippen MR) is 60.2 cm³/mol. The van der Waals surface area contributed by atoms with Crippen LogP contribution in [0.3, 0.4) is 0 Å². The Morgan fingerprint density at radius 1 is 1.21 bits per heavy atom. The molecule has 1 aromatic carbocycles. The standard InChI is InChI=1S/C11H7ClOS/c12-11-2-1-8(5-10(11)6-13)9-3-4-14-7-9/h1-7H. The largest absolute Gasteiger partial charge is 0.298 e. The predicted octanol–water partition coefficient (Wildman–Crippen LogP) is 3.88. The fraction of sp³-hybridized carbons (Fsp3) is 0. The monoisotopic (exact) mass is 222 g/mol. The van der Waals surface area contributed by atoms with Gasteiger partial charge in [-0.05, 0) is 40.1 Å². The summed E-state index contributed by atoms with van der Waals surface area (Å²) in [5.74, 6) is 0. The van der Waals surface area contributed by atoms with E-state index in [1.807, 2.05) is 22.9 Å². The average molecular weight is 223 g/mol. The Balaban J connectivity index is 2.51. The third-order valence-electron chi connectivity index (χ3n) is 1.98. The zero-order chi connectivity index (χ0) is 9.97. The summed E-state index contributed by atoms with van der Waals surface area (Å²) >= 11 is 7.46. The van der Waals surface area contributed by atoms with Crippen molar-refractivity contribution in [1.29, 1.82) is 0 Å². The molecular formula is C11H7ClOS. The van der Waals surface area contributed by atoms with E-state index in [4.69, 9.17) is 11.6 Å². The SMILES string of the molecule is O=Cc1cc(-c2ccsc2)ccc1Cl. The first-order valence-electron chi connectivity index (χ1n) is 4.08.